The van der Waals surface area contributed by atoms with Gasteiger partial charge in [0, 0.05) is 52.4 Å². The fraction of sp³-hybridized carbons (Fsp3) is 0.652. The highest BCUT2D eigenvalue weighted by atomic mass is 32.2. The maximum atomic E-state index is 13.3. The van der Waals surface area contributed by atoms with Crippen molar-refractivity contribution in [3.8, 4) is 0 Å². The molecule has 176 valence electrons. The molecule has 3 saturated heterocycles. The minimum atomic E-state index is -3.69. The van der Waals surface area contributed by atoms with Gasteiger partial charge in [-0.25, -0.2) is 8.42 Å². The van der Waals surface area contributed by atoms with Crippen molar-refractivity contribution < 1.29 is 18.0 Å². The number of nitrogens with zero attached hydrogens (tertiary/aromatic N) is 4. The zero-order chi connectivity index (χ0) is 22.6. The summed E-state index contributed by atoms with van der Waals surface area (Å²) in [6.45, 7) is 5.32. The Hall–Kier alpha value is -1.97. The average molecular weight is 463 g/mol. The van der Waals surface area contributed by atoms with Gasteiger partial charge in [0.2, 0.25) is 15.9 Å². The predicted molar refractivity (Wildman–Crippen MR) is 122 cm³/mol. The van der Waals surface area contributed by atoms with E-state index in [1.165, 1.54) is 10.7 Å². The molecule has 3 fully saturated rings. The molecule has 4 rings (SSSR count). The zero-order valence-electron chi connectivity index (χ0n) is 18.7. The van der Waals surface area contributed by atoms with Crippen LogP contribution in [-0.2, 0) is 14.8 Å². The van der Waals surface area contributed by atoms with E-state index in [2.05, 4.69) is 4.90 Å². The molecule has 32 heavy (non-hydrogen) atoms. The molecule has 0 unspecified atom stereocenters. The highest BCUT2D eigenvalue weighted by Gasteiger charge is 2.32. The maximum absolute atomic E-state index is 13.3. The third-order valence-electron chi connectivity index (χ3n) is 6.78. The van der Waals surface area contributed by atoms with Gasteiger partial charge in [-0.1, -0.05) is 18.6 Å². The molecule has 1 aromatic carbocycles. The summed E-state index contributed by atoms with van der Waals surface area (Å²) < 4.78 is 28.0. The molecule has 0 bridgehead atoms. The number of benzene rings is 1. The molecule has 8 nitrogen and oxygen atoms in total. The number of amides is 2. The van der Waals surface area contributed by atoms with Crippen molar-refractivity contribution in [2.24, 2.45) is 0 Å². The van der Waals surface area contributed by atoms with Crippen LogP contribution in [-0.4, -0.2) is 98.1 Å². The van der Waals surface area contributed by atoms with Gasteiger partial charge in [0.15, 0.2) is 0 Å². The number of carbonyl (C=O) groups excluding carboxylic acids is 2. The summed E-state index contributed by atoms with van der Waals surface area (Å²) in [5.74, 6) is -0.0781. The SMILES string of the molecule is O=C(CN1CCN(C(=O)c2ccccc2S(=O)(=O)N2CCCCC2)CC1)N1CCCCC1. The summed E-state index contributed by atoms with van der Waals surface area (Å²) in [4.78, 5) is 31.7. The van der Waals surface area contributed by atoms with Crippen LogP contribution >= 0.6 is 0 Å². The first kappa shape index (κ1) is 23.2. The maximum Gasteiger partial charge on any atom is 0.255 e. The number of hydrogen-bond acceptors (Lipinski definition) is 5. The topological polar surface area (TPSA) is 81.2 Å². The van der Waals surface area contributed by atoms with Crippen LogP contribution in [0, 0.1) is 0 Å². The molecule has 2 amide bonds. The number of piperidine rings is 2. The number of hydrogen-bond donors (Lipinski definition) is 0. The van der Waals surface area contributed by atoms with Gasteiger partial charge in [-0.05, 0) is 44.2 Å². The molecule has 0 N–H and O–H groups in total. The highest BCUT2D eigenvalue weighted by molar-refractivity contribution is 7.89. The molecule has 0 aliphatic carbocycles. The van der Waals surface area contributed by atoms with Gasteiger partial charge in [0.25, 0.3) is 5.91 Å². The van der Waals surface area contributed by atoms with Gasteiger partial charge in [0.05, 0.1) is 17.0 Å². The van der Waals surface area contributed by atoms with Crippen LogP contribution in [0.4, 0.5) is 0 Å². The number of carbonyl (C=O) groups is 2. The molecule has 3 heterocycles. The third kappa shape index (κ3) is 5.15. The van der Waals surface area contributed by atoms with Gasteiger partial charge in [-0.3, -0.25) is 14.5 Å². The highest BCUT2D eigenvalue weighted by Crippen LogP contribution is 2.25. The van der Waals surface area contributed by atoms with Crippen molar-refractivity contribution >= 4 is 21.8 Å². The molecule has 3 aliphatic rings. The van der Waals surface area contributed by atoms with Crippen molar-refractivity contribution in [2.45, 2.75) is 43.4 Å². The summed E-state index contributed by atoms with van der Waals surface area (Å²) in [6.07, 6.45) is 6.10. The summed E-state index contributed by atoms with van der Waals surface area (Å²) in [5.41, 5.74) is 0.246. The minimum absolute atomic E-state index is 0.106. The Balaban J connectivity index is 1.39. The molecule has 0 saturated carbocycles. The monoisotopic (exact) mass is 462 g/mol. The van der Waals surface area contributed by atoms with Crippen molar-refractivity contribution in [3.05, 3.63) is 29.8 Å². The first-order valence-corrected chi connectivity index (χ1v) is 13.3. The Morgan fingerprint density at radius 3 is 1.97 bits per heavy atom. The Bertz CT molecular complexity index is 916. The summed E-state index contributed by atoms with van der Waals surface area (Å²) >= 11 is 0. The molecule has 9 heteroatoms. The Labute approximate surface area is 191 Å². The third-order valence-corrected chi connectivity index (χ3v) is 8.73. The molecule has 1 aromatic rings. The van der Waals surface area contributed by atoms with Crippen LogP contribution in [0.3, 0.4) is 0 Å². The van der Waals surface area contributed by atoms with E-state index in [0.29, 0.717) is 45.8 Å². The molecular weight excluding hydrogens is 428 g/mol. The van der Waals surface area contributed by atoms with E-state index in [9.17, 15) is 18.0 Å². The first-order chi connectivity index (χ1) is 15.5. The number of piperazine rings is 1. The summed E-state index contributed by atoms with van der Waals surface area (Å²) in [5, 5.41) is 0. The fourth-order valence-corrected chi connectivity index (χ4v) is 6.53. The summed E-state index contributed by atoms with van der Waals surface area (Å²) in [7, 11) is -3.69. The van der Waals surface area contributed by atoms with Gasteiger partial charge >= 0.3 is 0 Å². The molecule has 0 spiro atoms. The molecule has 0 atom stereocenters. The largest absolute Gasteiger partial charge is 0.342 e. The van der Waals surface area contributed by atoms with Crippen LogP contribution in [0.1, 0.15) is 48.9 Å². The smallest absolute Gasteiger partial charge is 0.255 e. The van der Waals surface area contributed by atoms with Crippen molar-refractivity contribution in [2.75, 3.05) is 58.9 Å². The standard InChI is InChI=1S/C23H34N4O4S/c28-22(25-11-5-1-6-12-25)19-24-15-17-26(18-16-24)23(29)20-9-3-4-10-21(20)32(30,31)27-13-7-2-8-14-27/h3-4,9-10H,1-2,5-8,11-19H2. The van der Waals surface area contributed by atoms with Crippen LogP contribution in [0.5, 0.6) is 0 Å². The number of likely N-dealkylation sites (tertiary alicyclic amines) is 1. The molecule has 0 radical (unpaired) electrons. The lowest BCUT2D eigenvalue weighted by atomic mass is 10.1. The van der Waals surface area contributed by atoms with Crippen molar-refractivity contribution in [3.63, 3.8) is 0 Å². The normalized spacial score (nSPS) is 21.5. The van der Waals surface area contributed by atoms with Crippen molar-refractivity contribution in [1.82, 2.24) is 19.0 Å². The lowest BCUT2D eigenvalue weighted by molar-refractivity contribution is -0.133. The van der Waals surface area contributed by atoms with Crippen molar-refractivity contribution in [1.29, 1.82) is 0 Å². The first-order valence-electron chi connectivity index (χ1n) is 11.9. The lowest BCUT2D eigenvalue weighted by Crippen LogP contribution is -2.52. The van der Waals surface area contributed by atoms with Crippen LogP contribution in [0.2, 0.25) is 0 Å². The second-order valence-corrected chi connectivity index (χ2v) is 10.9. The minimum Gasteiger partial charge on any atom is -0.342 e. The number of rotatable bonds is 5. The zero-order valence-corrected chi connectivity index (χ0v) is 19.6. The quantitative estimate of drug-likeness (QED) is 0.664. The van der Waals surface area contributed by atoms with E-state index >= 15 is 0 Å². The van der Waals surface area contributed by atoms with E-state index in [1.807, 2.05) is 4.90 Å². The predicted octanol–water partition coefficient (Wildman–Crippen LogP) is 1.63. The molecule has 0 aromatic heterocycles. The van der Waals surface area contributed by atoms with Crippen LogP contribution < -0.4 is 0 Å². The van der Waals surface area contributed by atoms with Gasteiger partial charge in [-0.2, -0.15) is 4.31 Å². The molecule has 3 aliphatic heterocycles. The Morgan fingerprint density at radius 2 is 1.31 bits per heavy atom. The second kappa shape index (κ2) is 10.3. The Morgan fingerprint density at radius 1 is 0.719 bits per heavy atom. The lowest BCUT2D eigenvalue weighted by Gasteiger charge is -2.36. The van der Waals surface area contributed by atoms with E-state index in [4.69, 9.17) is 0 Å². The average Bonchev–Trinajstić information content (AvgIpc) is 2.85. The van der Waals surface area contributed by atoms with Gasteiger partial charge < -0.3 is 9.80 Å². The van der Waals surface area contributed by atoms with E-state index in [-0.39, 0.29) is 22.3 Å². The number of sulfonamides is 1. The molecular formula is C23H34N4O4S. The van der Waals surface area contributed by atoms with Crippen LogP contribution in [0.25, 0.3) is 0 Å². The van der Waals surface area contributed by atoms with E-state index in [1.54, 1.807) is 29.2 Å². The van der Waals surface area contributed by atoms with E-state index in [0.717, 1.165) is 45.2 Å². The van der Waals surface area contributed by atoms with E-state index < -0.39 is 10.0 Å². The summed E-state index contributed by atoms with van der Waals surface area (Å²) in [6, 6.07) is 6.56. The fourth-order valence-electron chi connectivity index (χ4n) is 4.83. The van der Waals surface area contributed by atoms with Crippen LogP contribution in [0.15, 0.2) is 29.2 Å². The second-order valence-electron chi connectivity index (χ2n) is 8.97. The Kier molecular flexibility index (Phi) is 7.48. The van der Waals surface area contributed by atoms with Gasteiger partial charge in [-0.15, -0.1) is 0 Å². The van der Waals surface area contributed by atoms with Gasteiger partial charge in [0.1, 0.15) is 0 Å².